The van der Waals surface area contributed by atoms with Gasteiger partial charge in [0.05, 0.1) is 16.6 Å². The number of nitrogens with zero attached hydrogens (tertiary/aromatic N) is 2. The highest BCUT2D eigenvalue weighted by molar-refractivity contribution is 6.38. The van der Waals surface area contributed by atoms with Crippen LogP contribution in [0.3, 0.4) is 0 Å². The van der Waals surface area contributed by atoms with E-state index < -0.39 is 12.1 Å². The van der Waals surface area contributed by atoms with Crippen molar-refractivity contribution in [2.45, 2.75) is 31.6 Å². The molecule has 1 amide bonds. The number of carbonyl (C=O) groups excluding carboxylic acids is 1. The van der Waals surface area contributed by atoms with E-state index in [1.807, 2.05) is 49.6 Å². The first-order valence-electron chi connectivity index (χ1n) is 9.60. The zero-order valence-electron chi connectivity index (χ0n) is 16.3. The molecule has 2 atom stereocenters. The number of hydrogen-bond acceptors (Lipinski definition) is 4. The highest BCUT2D eigenvalue weighted by Gasteiger charge is 2.32. The maximum atomic E-state index is 12.4. The van der Waals surface area contributed by atoms with Gasteiger partial charge in [0.2, 0.25) is 5.91 Å². The number of nitrogens with one attached hydrogen (secondary N) is 1. The second-order valence-electron chi connectivity index (χ2n) is 7.27. The number of ether oxygens (including phenoxy) is 1. The summed E-state index contributed by atoms with van der Waals surface area (Å²) >= 11 is 13.1. The Labute approximate surface area is 184 Å². The molecule has 1 aromatic heterocycles. The molecule has 3 aromatic rings. The average molecular weight is 446 g/mol. The summed E-state index contributed by atoms with van der Waals surface area (Å²) < 4.78 is 7.51. The summed E-state index contributed by atoms with van der Waals surface area (Å²) in [7, 11) is 1.86. The third kappa shape index (κ3) is 4.31. The molecule has 0 spiro atoms. The van der Waals surface area contributed by atoms with E-state index in [0.717, 1.165) is 22.6 Å². The minimum absolute atomic E-state index is 0.270. The van der Waals surface area contributed by atoms with Crippen LogP contribution in [-0.2, 0) is 18.4 Å². The van der Waals surface area contributed by atoms with E-state index in [4.69, 9.17) is 27.9 Å². The van der Waals surface area contributed by atoms with Crippen molar-refractivity contribution >= 4 is 29.1 Å². The monoisotopic (exact) mass is 445 g/mol. The highest BCUT2D eigenvalue weighted by atomic mass is 35.5. The minimum atomic E-state index is -0.826. The van der Waals surface area contributed by atoms with E-state index in [1.165, 1.54) is 0 Å². The van der Waals surface area contributed by atoms with Crippen LogP contribution in [0.15, 0.2) is 48.7 Å². The fraction of sp³-hybridized carbons (Fsp3) is 0.273. The lowest BCUT2D eigenvalue weighted by atomic mass is 9.88. The highest BCUT2D eigenvalue weighted by Crippen LogP contribution is 2.41. The van der Waals surface area contributed by atoms with E-state index >= 15 is 0 Å². The minimum Gasteiger partial charge on any atom is -0.487 e. The predicted molar refractivity (Wildman–Crippen MR) is 116 cm³/mol. The van der Waals surface area contributed by atoms with Gasteiger partial charge in [-0.25, -0.2) is 0 Å². The molecule has 2 unspecified atom stereocenters. The predicted octanol–water partition coefficient (Wildman–Crippen LogP) is 4.28. The summed E-state index contributed by atoms with van der Waals surface area (Å²) in [4.78, 5) is 12.4. The molecule has 8 heteroatoms. The molecule has 2 aromatic carbocycles. The van der Waals surface area contributed by atoms with Crippen molar-refractivity contribution in [3.05, 3.63) is 70.0 Å². The smallest absolute Gasteiger partial charge is 0.229 e. The lowest BCUT2D eigenvalue weighted by molar-refractivity contribution is -0.128. The van der Waals surface area contributed by atoms with E-state index in [1.54, 1.807) is 10.7 Å². The number of aryl methyl sites for hydroxylation is 1. The maximum absolute atomic E-state index is 12.4. The Bertz CT molecular complexity index is 1070. The summed E-state index contributed by atoms with van der Waals surface area (Å²) in [6, 6.07) is 13.1. The fourth-order valence-corrected chi connectivity index (χ4v) is 4.35. The van der Waals surface area contributed by atoms with Crippen LogP contribution in [0.25, 0.3) is 11.1 Å². The van der Waals surface area contributed by atoms with Gasteiger partial charge in [0.15, 0.2) is 0 Å². The van der Waals surface area contributed by atoms with Gasteiger partial charge >= 0.3 is 0 Å². The molecule has 1 aliphatic heterocycles. The van der Waals surface area contributed by atoms with Crippen LogP contribution in [-0.4, -0.2) is 27.0 Å². The van der Waals surface area contributed by atoms with Gasteiger partial charge in [-0.15, -0.1) is 0 Å². The Kier molecular flexibility index (Phi) is 5.99. The number of halogens is 2. The zero-order valence-corrected chi connectivity index (χ0v) is 17.8. The molecule has 2 N–H and O–H groups in total. The first kappa shape index (κ1) is 20.7. The van der Waals surface area contributed by atoms with Gasteiger partial charge in [-0.2, -0.15) is 5.10 Å². The molecule has 4 rings (SSSR count). The van der Waals surface area contributed by atoms with E-state index in [2.05, 4.69) is 10.4 Å². The third-order valence-corrected chi connectivity index (χ3v) is 5.89. The van der Waals surface area contributed by atoms with Crippen molar-refractivity contribution in [1.29, 1.82) is 0 Å². The lowest BCUT2D eigenvalue weighted by Gasteiger charge is -2.28. The number of carbonyl (C=O) groups is 1. The van der Waals surface area contributed by atoms with Crippen molar-refractivity contribution < 1.29 is 14.6 Å². The van der Waals surface area contributed by atoms with Gasteiger partial charge in [-0.05, 0) is 42.7 Å². The first-order chi connectivity index (χ1) is 14.4. The van der Waals surface area contributed by atoms with Gasteiger partial charge in [0.25, 0.3) is 0 Å². The van der Waals surface area contributed by atoms with Gasteiger partial charge in [-0.1, -0.05) is 41.4 Å². The molecular weight excluding hydrogens is 425 g/mol. The number of aliphatic hydroxyl groups is 1. The Morgan fingerprint density at radius 1 is 1.17 bits per heavy atom. The number of aliphatic hydroxyl groups excluding tert-OH is 1. The summed E-state index contributed by atoms with van der Waals surface area (Å²) in [5.74, 6) is -0.0438. The van der Waals surface area contributed by atoms with E-state index in [0.29, 0.717) is 35.1 Å². The quantitative estimate of drug-likeness (QED) is 0.614. The first-order valence-corrected chi connectivity index (χ1v) is 10.4. The van der Waals surface area contributed by atoms with Crippen LogP contribution >= 0.6 is 23.2 Å². The Hall–Kier alpha value is -2.54. The van der Waals surface area contributed by atoms with Crippen LogP contribution in [0.4, 0.5) is 0 Å². The topological polar surface area (TPSA) is 76.4 Å². The standard InChI is InChI=1S/C22H21Cl2N3O3/c1-27-11-10-14(26-27)12-30-15-4-2-13(3-5-15)16-6-8-18(23)20(21(16)24)17-7-9-19(28)25-22(17)29/h2-6,8,10-11,17,19,28H,7,9,12H2,1H3,(H,25,29). The van der Waals surface area contributed by atoms with Crippen LogP contribution in [0.2, 0.25) is 10.0 Å². The van der Waals surface area contributed by atoms with Crippen molar-refractivity contribution in [3.63, 3.8) is 0 Å². The second-order valence-corrected chi connectivity index (χ2v) is 8.06. The van der Waals surface area contributed by atoms with E-state index in [9.17, 15) is 9.90 Å². The van der Waals surface area contributed by atoms with Gasteiger partial charge in [-0.3, -0.25) is 9.48 Å². The van der Waals surface area contributed by atoms with Crippen molar-refractivity contribution in [1.82, 2.24) is 15.1 Å². The Morgan fingerprint density at radius 3 is 2.60 bits per heavy atom. The molecule has 0 aliphatic carbocycles. The summed E-state index contributed by atoms with van der Waals surface area (Å²) in [6.45, 7) is 0.384. The molecule has 6 nitrogen and oxygen atoms in total. The Balaban J connectivity index is 1.56. The molecule has 30 heavy (non-hydrogen) atoms. The normalized spacial score (nSPS) is 18.9. The number of aromatic nitrogens is 2. The largest absolute Gasteiger partial charge is 0.487 e. The zero-order chi connectivity index (χ0) is 21.3. The maximum Gasteiger partial charge on any atom is 0.229 e. The third-order valence-electron chi connectivity index (χ3n) is 5.15. The van der Waals surface area contributed by atoms with Gasteiger partial charge in [0, 0.05) is 29.4 Å². The number of rotatable bonds is 5. The Morgan fingerprint density at radius 2 is 1.93 bits per heavy atom. The molecule has 0 radical (unpaired) electrons. The van der Waals surface area contributed by atoms with Crippen LogP contribution in [0.1, 0.15) is 30.0 Å². The molecule has 1 saturated heterocycles. The molecule has 0 bridgehead atoms. The second kappa shape index (κ2) is 8.68. The van der Waals surface area contributed by atoms with Crippen LogP contribution in [0, 0.1) is 0 Å². The number of benzene rings is 2. The van der Waals surface area contributed by atoms with E-state index in [-0.39, 0.29) is 5.91 Å². The number of piperidine rings is 1. The fourth-order valence-electron chi connectivity index (χ4n) is 3.61. The number of hydrogen-bond donors (Lipinski definition) is 2. The van der Waals surface area contributed by atoms with Gasteiger partial charge < -0.3 is 15.2 Å². The van der Waals surface area contributed by atoms with Crippen molar-refractivity contribution in [2.75, 3.05) is 0 Å². The van der Waals surface area contributed by atoms with Crippen molar-refractivity contribution in [3.8, 4) is 16.9 Å². The lowest BCUT2D eigenvalue weighted by Crippen LogP contribution is -2.42. The van der Waals surface area contributed by atoms with Crippen LogP contribution in [0.5, 0.6) is 5.75 Å². The van der Waals surface area contributed by atoms with Crippen LogP contribution < -0.4 is 10.1 Å². The molecule has 1 fully saturated rings. The molecule has 1 aliphatic rings. The summed E-state index contributed by atoms with van der Waals surface area (Å²) in [5, 5.41) is 17.4. The summed E-state index contributed by atoms with van der Waals surface area (Å²) in [6.07, 6.45) is 1.98. The van der Waals surface area contributed by atoms with Gasteiger partial charge in [0.1, 0.15) is 18.6 Å². The average Bonchev–Trinajstić information content (AvgIpc) is 3.14. The molecular formula is C22H21Cl2N3O3. The molecule has 0 saturated carbocycles. The number of amides is 1. The SMILES string of the molecule is Cn1ccc(COc2ccc(-c3ccc(Cl)c(C4CCC(O)NC4=O)c3Cl)cc2)n1. The molecule has 156 valence electrons. The summed E-state index contributed by atoms with van der Waals surface area (Å²) in [5.41, 5.74) is 3.11. The molecule has 2 heterocycles. The van der Waals surface area contributed by atoms with Crippen molar-refractivity contribution in [2.24, 2.45) is 7.05 Å².